The Kier molecular flexibility index (Phi) is 4.18. The standard InChI is InChI=1S/C28H21N3O/c1-18-25(27(32)20-10-3-2-4-11-20)26(22-16-15-19-9-5-6-12-21(19)17-22)31-24-14-8-7-13-23(24)30-28(31)29-18/h2-17,26H,1H3,(H,29,30). The van der Waals surface area contributed by atoms with Gasteiger partial charge in [0.05, 0.1) is 17.1 Å². The number of allylic oxidation sites excluding steroid dienone is 2. The second kappa shape index (κ2) is 7.20. The summed E-state index contributed by atoms with van der Waals surface area (Å²) in [6.45, 7) is 1.97. The zero-order valence-electron chi connectivity index (χ0n) is 17.6. The van der Waals surface area contributed by atoms with Crippen LogP contribution in [-0.2, 0) is 0 Å². The van der Waals surface area contributed by atoms with E-state index >= 15 is 0 Å². The van der Waals surface area contributed by atoms with E-state index in [1.807, 2.05) is 67.6 Å². The summed E-state index contributed by atoms with van der Waals surface area (Å²) in [6, 6.07) is 32.0. The van der Waals surface area contributed by atoms with E-state index in [1.165, 1.54) is 5.39 Å². The van der Waals surface area contributed by atoms with Crippen molar-refractivity contribution in [1.29, 1.82) is 0 Å². The van der Waals surface area contributed by atoms with E-state index in [0.717, 1.165) is 39.2 Å². The molecule has 6 rings (SSSR count). The van der Waals surface area contributed by atoms with E-state index in [4.69, 9.17) is 4.98 Å². The zero-order valence-corrected chi connectivity index (χ0v) is 17.6. The minimum atomic E-state index is -0.282. The minimum absolute atomic E-state index is 0.0252. The lowest BCUT2D eigenvalue weighted by atomic mass is 9.88. The van der Waals surface area contributed by atoms with E-state index < -0.39 is 0 Å². The Labute approximate surface area is 185 Å². The maximum absolute atomic E-state index is 13.8. The number of anilines is 1. The minimum Gasteiger partial charge on any atom is -0.329 e. The molecule has 4 heteroatoms. The topological polar surface area (TPSA) is 46.9 Å². The summed E-state index contributed by atoms with van der Waals surface area (Å²) in [4.78, 5) is 18.6. The molecule has 32 heavy (non-hydrogen) atoms. The molecule has 1 unspecified atom stereocenters. The first-order chi connectivity index (χ1) is 15.7. The summed E-state index contributed by atoms with van der Waals surface area (Å²) in [5.41, 5.74) is 5.22. The molecule has 0 aliphatic carbocycles. The number of carbonyl (C=O) groups excluding carboxylic acids is 1. The Balaban J connectivity index is 1.63. The number of nitrogens with one attached hydrogen (secondary N) is 1. The van der Waals surface area contributed by atoms with Gasteiger partial charge in [0.2, 0.25) is 5.95 Å². The van der Waals surface area contributed by atoms with Crippen molar-refractivity contribution in [3.63, 3.8) is 0 Å². The van der Waals surface area contributed by atoms with E-state index in [9.17, 15) is 4.79 Å². The lowest BCUT2D eigenvalue weighted by Crippen LogP contribution is -2.28. The molecule has 1 atom stereocenters. The van der Waals surface area contributed by atoms with E-state index in [-0.39, 0.29) is 11.8 Å². The van der Waals surface area contributed by atoms with E-state index in [2.05, 4.69) is 46.3 Å². The van der Waals surface area contributed by atoms with Gasteiger partial charge in [-0.1, -0.05) is 78.9 Å². The van der Waals surface area contributed by atoms with Gasteiger partial charge in [0.15, 0.2) is 5.78 Å². The van der Waals surface area contributed by atoms with Gasteiger partial charge in [0.25, 0.3) is 0 Å². The molecule has 0 saturated carbocycles. The second-order valence-electron chi connectivity index (χ2n) is 8.16. The summed E-state index contributed by atoms with van der Waals surface area (Å²) >= 11 is 0. The molecule has 0 radical (unpaired) electrons. The quantitative estimate of drug-likeness (QED) is 0.349. The normalized spacial score (nSPS) is 15.6. The molecule has 1 aromatic heterocycles. The predicted octanol–water partition coefficient (Wildman–Crippen LogP) is 6.36. The molecule has 1 aliphatic rings. The Morgan fingerprint density at radius 2 is 1.56 bits per heavy atom. The number of nitrogens with zero attached hydrogens (tertiary/aromatic N) is 2. The van der Waals surface area contributed by atoms with Crippen LogP contribution in [0.3, 0.4) is 0 Å². The maximum atomic E-state index is 13.8. The number of ketones is 1. The van der Waals surface area contributed by atoms with Gasteiger partial charge in [0, 0.05) is 16.8 Å². The van der Waals surface area contributed by atoms with Gasteiger partial charge in [-0.25, -0.2) is 4.98 Å². The smallest absolute Gasteiger partial charge is 0.209 e. The highest BCUT2D eigenvalue weighted by Crippen LogP contribution is 2.41. The molecular weight excluding hydrogens is 394 g/mol. The van der Waals surface area contributed by atoms with Crippen molar-refractivity contribution in [2.45, 2.75) is 13.0 Å². The van der Waals surface area contributed by atoms with Crippen LogP contribution in [0.1, 0.15) is 28.9 Å². The molecule has 0 bridgehead atoms. The van der Waals surface area contributed by atoms with Crippen LogP contribution >= 0.6 is 0 Å². The van der Waals surface area contributed by atoms with Crippen molar-refractivity contribution in [3.05, 3.63) is 119 Å². The van der Waals surface area contributed by atoms with Crippen molar-refractivity contribution >= 4 is 33.5 Å². The third kappa shape index (κ3) is 2.84. The molecule has 0 spiro atoms. The van der Waals surface area contributed by atoms with Gasteiger partial charge in [-0.05, 0) is 41.5 Å². The summed E-state index contributed by atoms with van der Waals surface area (Å²) in [7, 11) is 0. The molecule has 4 aromatic carbocycles. The van der Waals surface area contributed by atoms with Gasteiger partial charge in [0.1, 0.15) is 0 Å². The highest BCUT2D eigenvalue weighted by Gasteiger charge is 2.34. The third-order valence-corrected chi connectivity index (χ3v) is 6.20. The number of hydrogen-bond acceptors (Lipinski definition) is 3. The fourth-order valence-electron chi connectivity index (χ4n) is 4.70. The number of aromatic nitrogens is 2. The van der Waals surface area contributed by atoms with Crippen molar-refractivity contribution in [1.82, 2.24) is 9.55 Å². The Bertz CT molecular complexity index is 1530. The predicted molar refractivity (Wildman–Crippen MR) is 129 cm³/mol. The van der Waals surface area contributed by atoms with Crippen LogP contribution in [0.15, 0.2) is 108 Å². The van der Waals surface area contributed by atoms with Crippen LogP contribution in [-0.4, -0.2) is 15.3 Å². The van der Waals surface area contributed by atoms with Crippen molar-refractivity contribution < 1.29 is 4.79 Å². The monoisotopic (exact) mass is 415 g/mol. The molecule has 1 N–H and O–H groups in total. The Hall–Kier alpha value is -4.18. The first kappa shape index (κ1) is 18.6. The van der Waals surface area contributed by atoms with Crippen molar-refractivity contribution in [3.8, 4) is 0 Å². The van der Waals surface area contributed by atoms with Crippen molar-refractivity contribution in [2.24, 2.45) is 0 Å². The van der Waals surface area contributed by atoms with Crippen molar-refractivity contribution in [2.75, 3.05) is 5.32 Å². The maximum Gasteiger partial charge on any atom is 0.209 e. The third-order valence-electron chi connectivity index (χ3n) is 6.20. The van der Waals surface area contributed by atoms with Gasteiger partial charge in [-0.3, -0.25) is 9.36 Å². The van der Waals surface area contributed by atoms with Gasteiger partial charge in [-0.2, -0.15) is 0 Å². The molecule has 5 aromatic rings. The van der Waals surface area contributed by atoms with Crippen LogP contribution in [0.4, 0.5) is 5.95 Å². The first-order valence-corrected chi connectivity index (χ1v) is 10.7. The lowest BCUT2D eigenvalue weighted by Gasteiger charge is -2.31. The van der Waals surface area contributed by atoms with Crippen LogP contribution in [0.5, 0.6) is 0 Å². The SMILES string of the molecule is CC1=C(C(=O)c2ccccc2)C(c2ccc3ccccc3c2)n2c(nc3ccccc32)N1. The largest absolute Gasteiger partial charge is 0.329 e. The number of benzene rings is 4. The Morgan fingerprint density at radius 3 is 2.41 bits per heavy atom. The Morgan fingerprint density at radius 1 is 0.844 bits per heavy atom. The van der Waals surface area contributed by atoms with Crippen LogP contribution in [0.2, 0.25) is 0 Å². The first-order valence-electron chi connectivity index (χ1n) is 10.7. The number of fused-ring (bicyclic) bond motifs is 4. The molecule has 4 nitrogen and oxygen atoms in total. The summed E-state index contributed by atoms with van der Waals surface area (Å²) in [5.74, 6) is 0.781. The molecule has 0 fully saturated rings. The van der Waals surface area contributed by atoms with E-state index in [1.54, 1.807) is 0 Å². The number of Topliss-reactive ketones (excluding diaryl/α,β-unsaturated/α-hetero) is 1. The van der Waals surface area contributed by atoms with Crippen LogP contribution in [0, 0.1) is 0 Å². The second-order valence-corrected chi connectivity index (χ2v) is 8.16. The lowest BCUT2D eigenvalue weighted by molar-refractivity contribution is 0.102. The molecule has 1 aliphatic heterocycles. The van der Waals surface area contributed by atoms with Gasteiger partial charge in [-0.15, -0.1) is 0 Å². The number of rotatable bonds is 3. The average molecular weight is 415 g/mol. The zero-order chi connectivity index (χ0) is 21.7. The number of carbonyl (C=O) groups is 1. The summed E-state index contributed by atoms with van der Waals surface area (Å²) in [6.07, 6.45) is 0. The molecule has 2 heterocycles. The fourth-order valence-corrected chi connectivity index (χ4v) is 4.70. The van der Waals surface area contributed by atoms with Crippen LogP contribution in [0.25, 0.3) is 21.8 Å². The average Bonchev–Trinajstić information content (AvgIpc) is 3.21. The van der Waals surface area contributed by atoms with E-state index in [0.29, 0.717) is 5.56 Å². The van der Waals surface area contributed by atoms with Gasteiger partial charge >= 0.3 is 0 Å². The molecule has 154 valence electrons. The molecular formula is C28H21N3O. The molecule has 0 amide bonds. The fraction of sp³-hybridized carbons (Fsp3) is 0.0714. The molecule has 0 saturated heterocycles. The highest BCUT2D eigenvalue weighted by molar-refractivity contribution is 6.11. The highest BCUT2D eigenvalue weighted by atomic mass is 16.1. The van der Waals surface area contributed by atoms with Crippen LogP contribution < -0.4 is 5.32 Å². The summed E-state index contributed by atoms with van der Waals surface area (Å²) in [5, 5.41) is 5.73. The number of para-hydroxylation sites is 2. The van der Waals surface area contributed by atoms with Gasteiger partial charge < -0.3 is 5.32 Å². The number of hydrogen-bond donors (Lipinski definition) is 1. The summed E-state index contributed by atoms with van der Waals surface area (Å²) < 4.78 is 2.16. The number of imidazole rings is 1.